The fourth-order valence-corrected chi connectivity index (χ4v) is 3.01. The summed E-state index contributed by atoms with van der Waals surface area (Å²) in [5.41, 5.74) is 0. The quantitative estimate of drug-likeness (QED) is 0.463. The molecule has 0 rings (SSSR count). The molecule has 4 nitrogen and oxygen atoms in total. The van der Waals surface area contributed by atoms with Gasteiger partial charge in [0.25, 0.3) is 0 Å². The van der Waals surface area contributed by atoms with Crippen LogP contribution in [0.3, 0.4) is 0 Å². The maximum atomic E-state index is 13.5. The van der Waals surface area contributed by atoms with Gasteiger partial charge in [0.2, 0.25) is 0 Å². The zero-order valence-corrected chi connectivity index (χ0v) is 16.0. The lowest BCUT2D eigenvalue weighted by Gasteiger charge is -2.30. The molecule has 8 heteroatoms. The van der Waals surface area contributed by atoms with Crippen molar-refractivity contribution in [1.29, 1.82) is 0 Å². The van der Waals surface area contributed by atoms with Crippen molar-refractivity contribution < 1.29 is 26.9 Å². The second-order valence-corrected chi connectivity index (χ2v) is 8.72. The Morgan fingerprint density at radius 2 is 1.71 bits per heavy atom. The van der Waals surface area contributed by atoms with Crippen LogP contribution in [-0.4, -0.2) is 33.8 Å². The van der Waals surface area contributed by atoms with Crippen molar-refractivity contribution in [2.75, 3.05) is 6.61 Å². The summed E-state index contributed by atoms with van der Waals surface area (Å²) in [6.07, 6.45) is -1.56. The molecule has 0 unspecified atom stereocenters. The monoisotopic (exact) mass is 373 g/mol. The van der Waals surface area contributed by atoms with Gasteiger partial charge in [0, 0.05) is 0 Å². The van der Waals surface area contributed by atoms with Crippen molar-refractivity contribution in [3.63, 3.8) is 0 Å². The highest BCUT2D eigenvalue weighted by Gasteiger charge is 2.49. The third kappa shape index (κ3) is 8.46. The summed E-state index contributed by atoms with van der Waals surface area (Å²) in [6.45, 7) is 8.28. The number of hydrogen-bond acceptors (Lipinski definition) is 3. The first-order valence-electron chi connectivity index (χ1n) is 8.36. The van der Waals surface area contributed by atoms with Crippen LogP contribution in [0.4, 0.5) is 13.2 Å². The molecule has 24 heavy (non-hydrogen) atoms. The molecule has 144 valence electrons. The molecule has 0 amide bonds. The normalized spacial score (nSPS) is 16.5. The lowest BCUT2D eigenvalue weighted by Crippen LogP contribution is -2.53. The molecular weight excluding hydrogens is 343 g/mol. The van der Waals surface area contributed by atoms with E-state index in [0.717, 1.165) is 19.3 Å². The highest BCUT2D eigenvalue weighted by molar-refractivity contribution is 7.84. The van der Waals surface area contributed by atoms with Crippen LogP contribution < -0.4 is 4.72 Å². The van der Waals surface area contributed by atoms with Gasteiger partial charge in [-0.3, -0.25) is 4.79 Å². The minimum atomic E-state index is -4.69. The molecule has 0 aliphatic carbocycles. The molecule has 3 atom stereocenters. The molecule has 0 saturated heterocycles. The van der Waals surface area contributed by atoms with E-state index in [1.54, 1.807) is 27.7 Å². The number of rotatable bonds is 10. The van der Waals surface area contributed by atoms with E-state index in [4.69, 9.17) is 4.74 Å². The number of alkyl halides is 3. The fourth-order valence-electron chi connectivity index (χ4n) is 2.13. The van der Waals surface area contributed by atoms with Gasteiger partial charge in [-0.2, -0.15) is 13.2 Å². The molecule has 0 radical (unpaired) electrons. The summed E-state index contributed by atoms with van der Waals surface area (Å²) in [4.78, 5) is 12.1. The van der Waals surface area contributed by atoms with Gasteiger partial charge in [-0.25, -0.2) is 8.93 Å². The van der Waals surface area contributed by atoms with Gasteiger partial charge in [0.15, 0.2) is 0 Å². The number of nitrogens with one attached hydrogen (secondary N) is 1. The SMILES string of the molecule is CCCCCC[C@H](C(=O)OCC)[C@H](N[S@@](=O)C(C)(C)C)C(F)(F)F. The summed E-state index contributed by atoms with van der Waals surface area (Å²) in [5.74, 6) is -2.29. The van der Waals surface area contributed by atoms with Crippen molar-refractivity contribution in [1.82, 2.24) is 4.72 Å². The number of carbonyl (C=O) groups is 1. The number of carbonyl (C=O) groups excluding carboxylic acids is 1. The Morgan fingerprint density at radius 3 is 2.12 bits per heavy atom. The highest BCUT2D eigenvalue weighted by Crippen LogP contribution is 2.31. The van der Waals surface area contributed by atoms with Crippen LogP contribution in [0.15, 0.2) is 0 Å². The third-order valence-electron chi connectivity index (χ3n) is 3.50. The third-order valence-corrected chi connectivity index (χ3v) is 5.08. The molecule has 0 fully saturated rings. The number of halogens is 3. The first-order chi connectivity index (χ1) is 10.9. The van der Waals surface area contributed by atoms with Crippen molar-refractivity contribution >= 4 is 17.0 Å². The fraction of sp³-hybridized carbons (Fsp3) is 0.938. The molecule has 0 bridgehead atoms. The van der Waals surface area contributed by atoms with Crippen molar-refractivity contribution in [2.45, 2.75) is 83.7 Å². The summed E-state index contributed by atoms with van der Waals surface area (Å²) in [6, 6.07) is -2.18. The lowest BCUT2D eigenvalue weighted by atomic mass is 9.93. The van der Waals surface area contributed by atoms with Crippen molar-refractivity contribution in [3.05, 3.63) is 0 Å². The molecule has 0 aromatic carbocycles. The van der Waals surface area contributed by atoms with Gasteiger partial charge in [-0.15, -0.1) is 0 Å². The van der Waals surface area contributed by atoms with Gasteiger partial charge in [0.1, 0.15) is 6.04 Å². The van der Waals surface area contributed by atoms with E-state index in [2.05, 4.69) is 4.72 Å². The molecule has 1 N–H and O–H groups in total. The van der Waals surface area contributed by atoms with E-state index >= 15 is 0 Å². The minimum Gasteiger partial charge on any atom is -0.466 e. The Balaban J connectivity index is 5.32. The van der Waals surface area contributed by atoms with Crippen LogP contribution in [-0.2, 0) is 20.5 Å². The molecule has 0 aliphatic rings. The standard InChI is InChI=1S/C16H30F3NO3S/c1-6-8-9-10-11-12(14(21)23-7-2)13(16(17,18)19)20-24(22)15(3,4)5/h12-13,20H,6-11H2,1-5H3/t12-,13-,24-/m0/s1. The molecule has 0 aliphatic heterocycles. The summed E-state index contributed by atoms with van der Waals surface area (Å²) < 4.78 is 58.7. The van der Waals surface area contributed by atoms with E-state index in [-0.39, 0.29) is 13.0 Å². The Labute approximate surface area is 145 Å². The van der Waals surface area contributed by atoms with Crippen molar-refractivity contribution in [2.24, 2.45) is 5.92 Å². The minimum absolute atomic E-state index is 0.0111. The van der Waals surface area contributed by atoms with E-state index in [1.165, 1.54) is 0 Å². The van der Waals surface area contributed by atoms with Crippen molar-refractivity contribution in [3.8, 4) is 0 Å². The number of hydrogen-bond donors (Lipinski definition) is 1. The zero-order chi connectivity index (χ0) is 19.0. The van der Waals surface area contributed by atoms with Crippen LogP contribution in [0, 0.1) is 5.92 Å². The predicted octanol–water partition coefficient (Wildman–Crippen LogP) is 4.12. The predicted molar refractivity (Wildman–Crippen MR) is 89.8 cm³/mol. The summed E-state index contributed by atoms with van der Waals surface area (Å²) in [7, 11) is -1.94. The van der Waals surface area contributed by atoms with Crippen LogP contribution in [0.5, 0.6) is 0 Å². The Morgan fingerprint density at radius 1 is 1.12 bits per heavy atom. The average molecular weight is 373 g/mol. The number of esters is 1. The first-order valence-corrected chi connectivity index (χ1v) is 9.51. The van der Waals surface area contributed by atoms with E-state index < -0.39 is 39.8 Å². The lowest BCUT2D eigenvalue weighted by molar-refractivity contribution is -0.179. The summed E-state index contributed by atoms with van der Waals surface area (Å²) in [5, 5.41) is 0. The topological polar surface area (TPSA) is 55.4 Å². The molecule has 0 aromatic rings. The smallest absolute Gasteiger partial charge is 0.405 e. The van der Waals surface area contributed by atoms with Gasteiger partial charge in [0.05, 0.1) is 28.3 Å². The molecular formula is C16H30F3NO3S. The molecule has 0 saturated carbocycles. The largest absolute Gasteiger partial charge is 0.466 e. The molecule has 0 heterocycles. The second-order valence-electron chi connectivity index (χ2n) is 6.73. The van der Waals surface area contributed by atoms with Gasteiger partial charge in [-0.1, -0.05) is 32.6 Å². The molecule has 0 spiro atoms. The van der Waals surface area contributed by atoms with Crippen LogP contribution in [0.2, 0.25) is 0 Å². The van der Waals surface area contributed by atoms with Gasteiger partial charge >= 0.3 is 12.1 Å². The van der Waals surface area contributed by atoms with E-state index in [0.29, 0.717) is 6.42 Å². The van der Waals surface area contributed by atoms with Crippen LogP contribution in [0.1, 0.15) is 66.7 Å². The second kappa shape index (κ2) is 10.4. The maximum Gasteiger partial charge on any atom is 0.405 e. The maximum absolute atomic E-state index is 13.5. The highest BCUT2D eigenvalue weighted by atomic mass is 32.2. The molecule has 0 aromatic heterocycles. The Bertz CT molecular complexity index is 408. The zero-order valence-electron chi connectivity index (χ0n) is 15.2. The van der Waals surface area contributed by atoms with Gasteiger partial charge in [-0.05, 0) is 34.1 Å². The average Bonchev–Trinajstić information content (AvgIpc) is 2.43. The Kier molecular flexibility index (Phi) is 10.1. The van der Waals surface area contributed by atoms with Crippen LogP contribution >= 0.6 is 0 Å². The van der Waals surface area contributed by atoms with E-state index in [1.807, 2.05) is 6.92 Å². The number of unbranched alkanes of at least 4 members (excludes halogenated alkanes) is 3. The summed E-state index contributed by atoms with van der Waals surface area (Å²) >= 11 is 0. The first kappa shape index (κ1) is 23.4. The van der Waals surface area contributed by atoms with Crippen LogP contribution in [0.25, 0.3) is 0 Å². The van der Waals surface area contributed by atoms with Gasteiger partial charge < -0.3 is 4.74 Å². The van der Waals surface area contributed by atoms with E-state index in [9.17, 15) is 22.2 Å². The Hall–Kier alpha value is -0.630. The number of ether oxygens (including phenoxy) is 1.